The summed E-state index contributed by atoms with van der Waals surface area (Å²) < 4.78 is 8.93. The van der Waals surface area contributed by atoms with Gasteiger partial charge in [0, 0.05) is 38.2 Å². The zero-order valence-corrected chi connectivity index (χ0v) is 26.0. The van der Waals surface area contributed by atoms with Crippen LogP contribution in [0.25, 0.3) is 93.8 Å². The third-order valence-corrected chi connectivity index (χ3v) is 9.57. The molecule has 0 bridgehead atoms. The summed E-state index contributed by atoms with van der Waals surface area (Å²) >= 11 is 0. The summed E-state index contributed by atoms with van der Waals surface area (Å²) in [6.45, 7) is 0. The maximum atomic E-state index is 6.57. The van der Waals surface area contributed by atoms with Gasteiger partial charge >= 0.3 is 0 Å². The van der Waals surface area contributed by atoms with Crippen LogP contribution in [0.2, 0.25) is 0 Å². The van der Waals surface area contributed by atoms with E-state index in [-0.39, 0.29) is 0 Å². The van der Waals surface area contributed by atoms with Crippen LogP contribution in [0, 0.1) is 0 Å². The van der Waals surface area contributed by atoms with Gasteiger partial charge in [0.25, 0.3) is 0 Å². The molecule has 224 valence electrons. The van der Waals surface area contributed by atoms with Crippen molar-refractivity contribution in [3.8, 4) is 39.2 Å². The van der Waals surface area contributed by atoms with Gasteiger partial charge in [0.05, 0.1) is 22.2 Å². The number of pyridine rings is 1. The van der Waals surface area contributed by atoms with Crippen LogP contribution in [0.1, 0.15) is 0 Å². The van der Waals surface area contributed by atoms with E-state index in [1.165, 1.54) is 27.4 Å². The fraction of sp³-hybridized carbons (Fsp3) is 0. The minimum absolute atomic E-state index is 0.853. The van der Waals surface area contributed by atoms with E-state index in [0.29, 0.717) is 0 Å². The second-order valence-corrected chi connectivity index (χ2v) is 12.4. The molecule has 0 aliphatic heterocycles. The number of aromatic nitrogens is 2. The SMILES string of the molecule is c1ccc(-c2cc(-c3cc(-c4ccc5c(c4)c4ccccc4n5-c4ccccc4)c4c(c3)oc3ccccc34)nc3ccccc23)cc1. The second kappa shape index (κ2) is 10.5. The molecular weight excluding hydrogens is 585 g/mol. The minimum Gasteiger partial charge on any atom is -0.456 e. The fourth-order valence-electron chi connectivity index (χ4n) is 7.41. The Morgan fingerprint density at radius 3 is 1.96 bits per heavy atom. The van der Waals surface area contributed by atoms with Crippen molar-refractivity contribution in [2.24, 2.45) is 0 Å². The van der Waals surface area contributed by atoms with Crippen LogP contribution in [0.4, 0.5) is 0 Å². The molecule has 7 aromatic carbocycles. The molecule has 3 aromatic heterocycles. The summed E-state index contributed by atoms with van der Waals surface area (Å²) in [6, 6.07) is 60.1. The lowest BCUT2D eigenvalue weighted by molar-refractivity contribution is 0.669. The molecule has 0 amide bonds. The molecule has 0 fully saturated rings. The predicted molar refractivity (Wildman–Crippen MR) is 200 cm³/mol. The Labute approximate surface area is 277 Å². The van der Waals surface area contributed by atoms with Gasteiger partial charge < -0.3 is 8.98 Å². The molecule has 10 rings (SSSR count). The van der Waals surface area contributed by atoms with Crippen LogP contribution in [0.3, 0.4) is 0 Å². The third-order valence-electron chi connectivity index (χ3n) is 9.57. The molecule has 0 aliphatic rings. The number of benzene rings is 7. The van der Waals surface area contributed by atoms with E-state index in [0.717, 1.165) is 66.5 Å². The zero-order chi connectivity index (χ0) is 31.6. The van der Waals surface area contributed by atoms with Gasteiger partial charge in [0.1, 0.15) is 11.2 Å². The Balaban J connectivity index is 1.26. The summed E-state index contributed by atoms with van der Waals surface area (Å²) in [5, 5.41) is 5.81. The number of fused-ring (bicyclic) bond motifs is 7. The van der Waals surface area contributed by atoms with E-state index in [2.05, 4.69) is 168 Å². The molecule has 0 unspecified atom stereocenters. The topological polar surface area (TPSA) is 31.0 Å². The van der Waals surface area contributed by atoms with Crippen LogP contribution < -0.4 is 0 Å². The summed E-state index contributed by atoms with van der Waals surface area (Å²) in [6.07, 6.45) is 0. The van der Waals surface area contributed by atoms with Crippen molar-refractivity contribution in [2.45, 2.75) is 0 Å². The lowest BCUT2D eigenvalue weighted by Gasteiger charge is -2.13. The van der Waals surface area contributed by atoms with Crippen molar-refractivity contribution in [3.05, 3.63) is 170 Å². The number of rotatable bonds is 4. The predicted octanol–water partition coefficient (Wildman–Crippen LogP) is 12.2. The van der Waals surface area contributed by atoms with E-state index in [1.54, 1.807) is 0 Å². The van der Waals surface area contributed by atoms with Gasteiger partial charge in [-0.25, -0.2) is 4.98 Å². The Morgan fingerprint density at radius 2 is 1.10 bits per heavy atom. The lowest BCUT2D eigenvalue weighted by atomic mass is 9.93. The molecule has 0 spiro atoms. The standard InChI is InChI=1S/C45H28N2O/c1-3-13-29(14-4-1)36-28-40(46-39-20-10-7-17-33(36)39)31-26-37(45-35-19-9-12-22-43(35)48-44(45)27-31)30-23-24-42-38(25-30)34-18-8-11-21-41(34)47(42)32-15-5-2-6-16-32/h1-28H. The monoisotopic (exact) mass is 612 g/mol. The molecule has 3 heterocycles. The van der Waals surface area contributed by atoms with E-state index in [1.807, 2.05) is 6.07 Å². The first-order valence-corrected chi connectivity index (χ1v) is 16.3. The highest BCUT2D eigenvalue weighted by molar-refractivity contribution is 6.16. The molecule has 0 atom stereocenters. The molecule has 10 aromatic rings. The largest absolute Gasteiger partial charge is 0.456 e. The maximum absolute atomic E-state index is 6.57. The zero-order valence-electron chi connectivity index (χ0n) is 26.0. The van der Waals surface area contributed by atoms with Gasteiger partial charge in [-0.1, -0.05) is 109 Å². The van der Waals surface area contributed by atoms with E-state index < -0.39 is 0 Å². The number of nitrogens with zero attached hydrogens (tertiary/aromatic N) is 2. The van der Waals surface area contributed by atoms with Crippen molar-refractivity contribution < 1.29 is 4.42 Å². The Kier molecular flexibility index (Phi) is 5.87. The van der Waals surface area contributed by atoms with Gasteiger partial charge in [-0.15, -0.1) is 0 Å². The number of furan rings is 1. The molecular formula is C45H28N2O. The average Bonchev–Trinajstić information content (AvgIpc) is 3.70. The van der Waals surface area contributed by atoms with Crippen LogP contribution in [-0.2, 0) is 0 Å². The molecule has 3 heteroatoms. The van der Waals surface area contributed by atoms with Crippen molar-refractivity contribution in [1.29, 1.82) is 0 Å². The number of hydrogen-bond donors (Lipinski definition) is 0. The first kappa shape index (κ1) is 26.7. The molecule has 0 saturated heterocycles. The number of para-hydroxylation sites is 4. The molecule has 0 aliphatic carbocycles. The first-order chi connectivity index (χ1) is 23.8. The van der Waals surface area contributed by atoms with Gasteiger partial charge in [-0.2, -0.15) is 0 Å². The van der Waals surface area contributed by atoms with E-state index in [9.17, 15) is 0 Å². The highest BCUT2D eigenvalue weighted by Gasteiger charge is 2.19. The van der Waals surface area contributed by atoms with Gasteiger partial charge in [0.2, 0.25) is 0 Å². The average molecular weight is 613 g/mol. The fourth-order valence-corrected chi connectivity index (χ4v) is 7.41. The lowest BCUT2D eigenvalue weighted by Crippen LogP contribution is -1.93. The summed E-state index contributed by atoms with van der Waals surface area (Å²) in [5.74, 6) is 0. The first-order valence-electron chi connectivity index (χ1n) is 16.3. The molecule has 48 heavy (non-hydrogen) atoms. The van der Waals surface area contributed by atoms with Crippen LogP contribution in [0.5, 0.6) is 0 Å². The van der Waals surface area contributed by atoms with Crippen molar-refractivity contribution in [2.75, 3.05) is 0 Å². The minimum atomic E-state index is 0.853. The van der Waals surface area contributed by atoms with Crippen molar-refractivity contribution >= 4 is 54.6 Å². The van der Waals surface area contributed by atoms with Crippen LogP contribution in [-0.4, -0.2) is 9.55 Å². The highest BCUT2D eigenvalue weighted by Crippen LogP contribution is 2.43. The Morgan fingerprint density at radius 1 is 0.417 bits per heavy atom. The summed E-state index contributed by atoms with van der Waals surface area (Å²) in [4.78, 5) is 5.21. The third kappa shape index (κ3) is 4.11. The second-order valence-electron chi connectivity index (χ2n) is 12.4. The molecule has 3 nitrogen and oxygen atoms in total. The quantitative estimate of drug-likeness (QED) is 0.198. The highest BCUT2D eigenvalue weighted by atomic mass is 16.3. The van der Waals surface area contributed by atoms with E-state index in [4.69, 9.17) is 9.40 Å². The van der Waals surface area contributed by atoms with Crippen LogP contribution >= 0.6 is 0 Å². The molecule has 0 N–H and O–H groups in total. The van der Waals surface area contributed by atoms with Crippen LogP contribution in [0.15, 0.2) is 174 Å². The van der Waals surface area contributed by atoms with Crippen molar-refractivity contribution in [1.82, 2.24) is 9.55 Å². The maximum Gasteiger partial charge on any atom is 0.136 e. The van der Waals surface area contributed by atoms with Gasteiger partial charge in [0.15, 0.2) is 0 Å². The molecule has 0 radical (unpaired) electrons. The van der Waals surface area contributed by atoms with E-state index >= 15 is 0 Å². The van der Waals surface area contributed by atoms with Gasteiger partial charge in [-0.05, 0) is 82.9 Å². The Hall–Kier alpha value is -6.45. The smallest absolute Gasteiger partial charge is 0.136 e. The summed E-state index contributed by atoms with van der Waals surface area (Å²) in [5.41, 5.74) is 12.8. The normalized spacial score (nSPS) is 11.8. The molecule has 0 saturated carbocycles. The summed E-state index contributed by atoms with van der Waals surface area (Å²) in [7, 11) is 0. The van der Waals surface area contributed by atoms with Crippen molar-refractivity contribution in [3.63, 3.8) is 0 Å². The number of hydrogen-bond acceptors (Lipinski definition) is 2. The Bertz CT molecular complexity index is 2830. The van der Waals surface area contributed by atoms with Gasteiger partial charge in [-0.3, -0.25) is 0 Å².